The quantitative estimate of drug-likeness (QED) is 0.756. The molecule has 2 rings (SSSR count). The van der Waals surface area contributed by atoms with Gasteiger partial charge in [-0.25, -0.2) is 0 Å². The van der Waals surface area contributed by atoms with Crippen LogP contribution in [-0.2, 0) is 11.2 Å². The Kier molecular flexibility index (Phi) is 3.25. The van der Waals surface area contributed by atoms with E-state index in [4.69, 9.17) is 5.11 Å². The second-order valence-electron chi connectivity index (χ2n) is 4.00. The maximum absolute atomic E-state index is 10.3. The van der Waals surface area contributed by atoms with Crippen molar-refractivity contribution in [1.82, 2.24) is 4.98 Å². The van der Waals surface area contributed by atoms with Crippen LogP contribution in [0.4, 0.5) is 0 Å². The Morgan fingerprint density at radius 3 is 2.94 bits per heavy atom. The van der Waals surface area contributed by atoms with Crippen LogP contribution in [-0.4, -0.2) is 16.1 Å². The van der Waals surface area contributed by atoms with E-state index in [2.05, 4.69) is 29.2 Å². The summed E-state index contributed by atoms with van der Waals surface area (Å²) in [5.41, 5.74) is 2.42. The average Bonchev–Trinajstić information content (AvgIpc) is 2.71. The number of carboxylic acid groups (broad SMARTS) is 1. The molecule has 0 aliphatic carbocycles. The minimum atomic E-state index is -0.707. The molecule has 0 aliphatic heterocycles. The Balaban J connectivity index is 1.91. The van der Waals surface area contributed by atoms with Crippen LogP contribution >= 0.6 is 0 Å². The van der Waals surface area contributed by atoms with E-state index in [1.165, 1.54) is 10.9 Å². The molecule has 0 spiro atoms. The molecule has 0 saturated carbocycles. The van der Waals surface area contributed by atoms with E-state index in [1.54, 1.807) is 0 Å². The number of aromatic nitrogens is 1. The number of carbonyl (C=O) groups is 1. The van der Waals surface area contributed by atoms with Gasteiger partial charge in [-0.15, -0.1) is 0 Å². The first-order valence-corrected chi connectivity index (χ1v) is 5.53. The minimum Gasteiger partial charge on any atom is -0.481 e. The van der Waals surface area contributed by atoms with Crippen molar-refractivity contribution in [3.05, 3.63) is 36.0 Å². The molecule has 1 aromatic heterocycles. The number of nitrogens with one attached hydrogen (secondary N) is 1. The molecule has 0 amide bonds. The van der Waals surface area contributed by atoms with E-state index in [9.17, 15) is 4.79 Å². The molecule has 2 aromatic rings. The highest BCUT2D eigenvalue weighted by molar-refractivity contribution is 5.79. The molecule has 0 saturated heterocycles. The fourth-order valence-electron chi connectivity index (χ4n) is 1.86. The van der Waals surface area contributed by atoms with Crippen LogP contribution in [0.1, 0.15) is 24.8 Å². The van der Waals surface area contributed by atoms with E-state index in [0.29, 0.717) is 0 Å². The van der Waals surface area contributed by atoms with Gasteiger partial charge in [-0.2, -0.15) is 0 Å². The van der Waals surface area contributed by atoms with Crippen LogP contribution in [0, 0.1) is 0 Å². The third kappa shape index (κ3) is 2.63. The first kappa shape index (κ1) is 10.7. The highest BCUT2D eigenvalue weighted by Crippen LogP contribution is 2.16. The van der Waals surface area contributed by atoms with Crippen LogP contribution in [0.15, 0.2) is 30.5 Å². The number of hydrogen-bond donors (Lipinski definition) is 2. The highest BCUT2D eigenvalue weighted by atomic mass is 16.4. The third-order valence-electron chi connectivity index (χ3n) is 2.72. The molecule has 0 fully saturated rings. The number of H-pyrrole nitrogens is 1. The molecule has 0 bridgehead atoms. The van der Waals surface area contributed by atoms with E-state index >= 15 is 0 Å². The molecule has 3 nitrogen and oxygen atoms in total. The van der Waals surface area contributed by atoms with Crippen LogP contribution in [0.3, 0.4) is 0 Å². The van der Waals surface area contributed by atoms with Crippen molar-refractivity contribution >= 4 is 16.9 Å². The number of rotatable bonds is 5. The highest BCUT2D eigenvalue weighted by Gasteiger charge is 1.99. The van der Waals surface area contributed by atoms with Gasteiger partial charge < -0.3 is 10.1 Å². The smallest absolute Gasteiger partial charge is 0.303 e. The Bertz CT molecular complexity index is 487. The Labute approximate surface area is 94.1 Å². The fourth-order valence-corrected chi connectivity index (χ4v) is 1.86. The van der Waals surface area contributed by atoms with E-state index in [-0.39, 0.29) is 6.42 Å². The summed E-state index contributed by atoms with van der Waals surface area (Å²) < 4.78 is 0. The van der Waals surface area contributed by atoms with Crippen LogP contribution in [0.5, 0.6) is 0 Å². The zero-order valence-corrected chi connectivity index (χ0v) is 9.07. The molecule has 3 heteroatoms. The van der Waals surface area contributed by atoms with Gasteiger partial charge in [0.15, 0.2) is 0 Å². The number of fused-ring (bicyclic) bond motifs is 1. The third-order valence-corrected chi connectivity index (χ3v) is 2.72. The van der Waals surface area contributed by atoms with Crippen molar-refractivity contribution in [3.63, 3.8) is 0 Å². The van der Waals surface area contributed by atoms with Gasteiger partial charge in [-0.05, 0) is 48.4 Å². The standard InChI is InChI=1S/C13H15NO2/c15-13(16)4-2-1-3-10-5-6-12-11(9-10)7-8-14-12/h5-9,14H,1-4H2,(H,15,16). The first-order chi connectivity index (χ1) is 7.75. The second kappa shape index (κ2) is 4.84. The molecular weight excluding hydrogens is 202 g/mol. The number of unbranched alkanes of at least 4 members (excludes halogenated alkanes) is 1. The van der Waals surface area contributed by atoms with Crippen molar-refractivity contribution in [3.8, 4) is 0 Å². The number of benzene rings is 1. The second-order valence-corrected chi connectivity index (χ2v) is 4.00. The lowest BCUT2D eigenvalue weighted by Crippen LogP contribution is -1.94. The minimum absolute atomic E-state index is 0.270. The predicted molar refractivity (Wildman–Crippen MR) is 63.5 cm³/mol. The van der Waals surface area contributed by atoms with Crippen molar-refractivity contribution < 1.29 is 9.90 Å². The lowest BCUT2D eigenvalue weighted by molar-refractivity contribution is -0.137. The summed E-state index contributed by atoms with van der Waals surface area (Å²) in [5, 5.41) is 9.74. The molecule has 84 valence electrons. The molecular formula is C13H15NO2. The van der Waals surface area contributed by atoms with Crippen molar-refractivity contribution in [2.24, 2.45) is 0 Å². The van der Waals surface area contributed by atoms with Crippen molar-refractivity contribution in [2.75, 3.05) is 0 Å². The van der Waals surface area contributed by atoms with Crippen LogP contribution in [0.25, 0.3) is 10.9 Å². The molecule has 0 unspecified atom stereocenters. The average molecular weight is 217 g/mol. The molecule has 0 aliphatic rings. The van der Waals surface area contributed by atoms with Gasteiger partial charge in [0.25, 0.3) is 0 Å². The molecule has 0 atom stereocenters. The lowest BCUT2D eigenvalue weighted by atomic mass is 10.1. The SMILES string of the molecule is O=C(O)CCCCc1ccc2[nH]ccc2c1. The molecule has 1 aromatic carbocycles. The molecule has 1 heterocycles. The largest absolute Gasteiger partial charge is 0.481 e. The summed E-state index contributed by atoms with van der Waals surface area (Å²) in [5.74, 6) is -0.707. The first-order valence-electron chi connectivity index (χ1n) is 5.53. The number of aromatic amines is 1. The summed E-state index contributed by atoms with van der Waals surface area (Å²) in [4.78, 5) is 13.5. The van der Waals surface area contributed by atoms with Gasteiger partial charge in [0, 0.05) is 18.1 Å². The lowest BCUT2D eigenvalue weighted by Gasteiger charge is -2.00. The fraction of sp³-hybridized carbons (Fsp3) is 0.308. The van der Waals surface area contributed by atoms with Gasteiger partial charge in [0.05, 0.1) is 0 Å². The maximum Gasteiger partial charge on any atom is 0.303 e. The molecule has 16 heavy (non-hydrogen) atoms. The zero-order valence-electron chi connectivity index (χ0n) is 9.07. The van der Waals surface area contributed by atoms with Crippen LogP contribution in [0.2, 0.25) is 0 Å². The summed E-state index contributed by atoms with van der Waals surface area (Å²) in [7, 11) is 0. The molecule has 0 radical (unpaired) electrons. The topological polar surface area (TPSA) is 53.1 Å². The number of aliphatic carboxylic acids is 1. The summed E-state index contributed by atoms with van der Waals surface area (Å²) in [6.45, 7) is 0. The normalized spacial score (nSPS) is 10.8. The predicted octanol–water partition coefficient (Wildman–Crippen LogP) is 2.97. The van der Waals surface area contributed by atoms with Gasteiger partial charge >= 0.3 is 5.97 Å². The van der Waals surface area contributed by atoms with Crippen LogP contribution < -0.4 is 0 Å². The van der Waals surface area contributed by atoms with Gasteiger partial charge in [0.1, 0.15) is 0 Å². The van der Waals surface area contributed by atoms with Gasteiger partial charge in [-0.3, -0.25) is 4.79 Å². The maximum atomic E-state index is 10.3. The summed E-state index contributed by atoms with van der Waals surface area (Å²) >= 11 is 0. The number of hydrogen-bond acceptors (Lipinski definition) is 1. The molecule has 2 N–H and O–H groups in total. The van der Waals surface area contributed by atoms with E-state index in [0.717, 1.165) is 24.8 Å². The number of carboxylic acids is 1. The van der Waals surface area contributed by atoms with Crippen molar-refractivity contribution in [2.45, 2.75) is 25.7 Å². The van der Waals surface area contributed by atoms with Crippen molar-refractivity contribution in [1.29, 1.82) is 0 Å². The van der Waals surface area contributed by atoms with E-state index in [1.807, 2.05) is 6.20 Å². The van der Waals surface area contributed by atoms with Gasteiger partial charge in [0.2, 0.25) is 0 Å². The van der Waals surface area contributed by atoms with E-state index < -0.39 is 5.97 Å². The van der Waals surface area contributed by atoms with Gasteiger partial charge in [-0.1, -0.05) is 6.07 Å². The Morgan fingerprint density at radius 2 is 2.12 bits per heavy atom. The zero-order chi connectivity index (χ0) is 11.4. The summed E-state index contributed by atoms with van der Waals surface area (Å²) in [6, 6.07) is 8.38. The monoisotopic (exact) mass is 217 g/mol. The Morgan fingerprint density at radius 1 is 1.25 bits per heavy atom. The summed E-state index contributed by atoms with van der Waals surface area (Å²) in [6.07, 6.45) is 4.84. The number of aryl methyl sites for hydroxylation is 1. The Hall–Kier alpha value is -1.77.